The van der Waals surface area contributed by atoms with Crippen molar-refractivity contribution in [3.63, 3.8) is 0 Å². The van der Waals surface area contributed by atoms with E-state index in [-0.39, 0.29) is 5.54 Å². The number of hydrogen-bond acceptors (Lipinski definition) is 1. The molecule has 2 nitrogen and oxygen atoms in total. The fraction of sp³-hybridized carbons (Fsp3) is 0.529. The fourth-order valence-corrected chi connectivity index (χ4v) is 2.69. The molecule has 2 rings (SSSR count). The van der Waals surface area contributed by atoms with E-state index < -0.39 is 0 Å². The lowest BCUT2D eigenvalue weighted by molar-refractivity contribution is 0.429. The van der Waals surface area contributed by atoms with Gasteiger partial charge in [-0.25, -0.2) is 0 Å². The molecule has 0 aliphatic carbocycles. The molecule has 0 fully saturated rings. The van der Waals surface area contributed by atoms with E-state index in [1.807, 2.05) is 0 Å². The molecule has 0 atom stereocenters. The van der Waals surface area contributed by atoms with E-state index in [0.717, 1.165) is 13.0 Å². The molecular weight excluding hydrogens is 232 g/mol. The van der Waals surface area contributed by atoms with E-state index in [2.05, 4.69) is 64.0 Å². The average molecular weight is 258 g/mol. The van der Waals surface area contributed by atoms with Gasteiger partial charge in [0.15, 0.2) is 0 Å². The molecule has 0 radical (unpaired) electrons. The third-order valence-corrected chi connectivity index (χ3v) is 3.72. The van der Waals surface area contributed by atoms with E-state index in [4.69, 9.17) is 0 Å². The number of fused-ring (bicyclic) bond motifs is 1. The van der Waals surface area contributed by atoms with Gasteiger partial charge >= 0.3 is 0 Å². The van der Waals surface area contributed by atoms with Gasteiger partial charge < -0.3 is 10.3 Å². The third-order valence-electron chi connectivity index (χ3n) is 3.72. The molecular formula is C17H26N2. The molecule has 2 N–H and O–H groups in total. The summed E-state index contributed by atoms with van der Waals surface area (Å²) in [5.74, 6) is 0. The third kappa shape index (κ3) is 3.01. The summed E-state index contributed by atoms with van der Waals surface area (Å²) in [7, 11) is 0. The van der Waals surface area contributed by atoms with Crippen LogP contribution in [0.4, 0.5) is 0 Å². The van der Waals surface area contributed by atoms with Gasteiger partial charge in [0.1, 0.15) is 0 Å². The average Bonchev–Trinajstić information content (AvgIpc) is 2.61. The highest BCUT2D eigenvalue weighted by Gasteiger charge is 2.13. The van der Waals surface area contributed by atoms with Crippen molar-refractivity contribution in [3.8, 4) is 0 Å². The van der Waals surface area contributed by atoms with Crippen molar-refractivity contribution in [2.75, 3.05) is 6.54 Å². The summed E-state index contributed by atoms with van der Waals surface area (Å²) in [5.41, 5.74) is 6.97. The highest BCUT2D eigenvalue weighted by atomic mass is 14.9. The zero-order chi connectivity index (χ0) is 14.2. The largest absolute Gasteiger partial charge is 0.358 e. The van der Waals surface area contributed by atoms with Crippen LogP contribution in [0.5, 0.6) is 0 Å². The zero-order valence-electron chi connectivity index (χ0n) is 13.1. The molecule has 2 aromatic rings. The van der Waals surface area contributed by atoms with Crippen LogP contribution in [0, 0.1) is 20.8 Å². The van der Waals surface area contributed by atoms with Gasteiger partial charge in [0.2, 0.25) is 0 Å². The minimum Gasteiger partial charge on any atom is -0.358 e. The molecule has 0 bridgehead atoms. The van der Waals surface area contributed by atoms with Crippen molar-refractivity contribution in [2.45, 2.75) is 53.5 Å². The summed E-state index contributed by atoms with van der Waals surface area (Å²) in [6.45, 7) is 14.2. The van der Waals surface area contributed by atoms with Crippen LogP contribution in [0.15, 0.2) is 12.1 Å². The summed E-state index contributed by atoms with van der Waals surface area (Å²) in [4.78, 5) is 3.56. The maximum Gasteiger partial charge on any atom is 0.0491 e. The van der Waals surface area contributed by atoms with Crippen LogP contribution in [0.25, 0.3) is 10.9 Å². The summed E-state index contributed by atoms with van der Waals surface area (Å²) in [5, 5.41) is 5.00. The molecule has 1 heterocycles. The van der Waals surface area contributed by atoms with E-state index in [9.17, 15) is 0 Å². The molecule has 0 unspecified atom stereocenters. The van der Waals surface area contributed by atoms with Gasteiger partial charge in [0.25, 0.3) is 0 Å². The highest BCUT2D eigenvalue weighted by molar-refractivity contribution is 5.90. The summed E-state index contributed by atoms with van der Waals surface area (Å²) in [6.07, 6.45) is 1.08. The molecule has 0 spiro atoms. The first-order valence-electron chi connectivity index (χ1n) is 7.12. The number of aromatic amines is 1. The predicted octanol–water partition coefficient (Wildman–Crippen LogP) is 4.02. The Hall–Kier alpha value is -1.28. The molecule has 19 heavy (non-hydrogen) atoms. The monoisotopic (exact) mass is 258 g/mol. The van der Waals surface area contributed by atoms with E-state index in [1.165, 1.54) is 33.3 Å². The number of benzene rings is 1. The van der Waals surface area contributed by atoms with Gasteiger partial charge in [-0.2, -0.15) is 0 Å². The first-order chi connectivity index (χ1) is 8.79. The maximum atomic E-state index is 3.57. The van der Waals surface area contributed by atoms with Crippen LogP contribution < -0.4 is 5.32 Å². The van der Waals surface area contributed by atoms with Crippen molar-refractivity contribution < 1.29 is 0 Å². The number of rotatable bonds is 3. The van der Waals surface area contributed by atoms with Crippen LogP contribution in [0.2, 0.25) is 0 Å². The standard InChI is InChI=1S/C17H26N2/c1-11-7-8-12(2)16-15(11)14(13(3)19-16)9-10-18-17(4,5)6/h7-8,18-19H,9-10H2,1-6H3. The SMILES string of the molecule is Cc1[nH]c2c(C)ccc(C)c2c1CCNC(C)(C)C. The maximum absolute atomic E-state index is 3.57. The Bertz CT molecular complexity index is 585. The van der Waals surface area contributed by atoms with Gasteiger partial charge in [0, 0.05) is 22.1 Å². The quantitative estimate of drug-likeness (QED) is 0.855. The van der Waals surface area contributed by atoms with Crippen LogP contribution in [-0.4, -0.2) is 17.1 Å². The van der Waals surface area contributed by atoms with Gasteiger partial charge in [-0.3, -0.25) is 0 Å². The van der Waals surface area contributed by atoms with Crippen molar-refractivity contribution in [3.05, 3.63) is 34.5 Å². The molecule has 0 saturated carbocycles. The first-order valence-corrected chi connectivity index (χ1v) is 7.12. The lowest BCUT2D eigenvalue weighted by atomic mass is 10.0. The number of H-pyrrole nitrogens is 1. The van der Waals surface area contributed by atoms with Crippen LogP contribution >= 0.6 is 0 Å². The molecule has 2 heteroatoms. The van der Waals surface area contributed by atoms with E-state index >= 15 is 0 Å². The minimum absolute atomic E-state index is 0.185. The van der Waals surface area contributed by atoms with Crippen molar-refractivity contribution in [1.29, 1.82) is 0 Å². The van der Waals surface area contributed by atoms with Crippen molar-refractivity contribution >= 4 is 10.9 Å². The fourth-order valence-electron chi connectivity index (χ4n) is 2.69. The normalized spacial score (nSPS) is 12.3. The Labute approximate surface area is 116 Å². The molecule has 0 aliphatic heterocycles. The molecule has 104 valence electrons. The molecule has 1 aromatic heterocycles. The van der Waals surface area contributed by atoms with Crippen LogP contribution in [0.1, 0.15) is 43.2 Å². The Morgan fingerprint density at radius 1 is 1.05 bits per heavy atom. The summed E-state index contributed by atoms with van der Waals surface area (Å²) in [6, 6.07) is 4.43. The second kappa shape index (κ2) is 5.01. The predicted molar refractivity (Wildman–Crippen MR) is 84.0 cm³/mol. The van der Waals surface area contributed by atoms with Gasteiger partial charge in [0.05, 0.1) is 0 Å². The molecule has 0 aliphatic rings. The zero-order valence-corrected chi connectivity index (χ0v) is 13.1. The number of hydrogen-bond donors (Lipinski definition) is 2. The van der Waals surface area contributed by atoms with E-state index in [0.29, 0.717) is 0 Å². The van der Waals surface area contributed by atoms with Crippen molar-refractivity contribution in [1.82, 2.24) is 10.3 Å². The first kappa shape index (κ1) is 14.1. The number of aromatic nitrogens is 1. The minimum atomic E-state index is 0.185. The second-order valence-electron chi connectivity index (χ2n) is 6.60. The summed E-state index contributed by atoms with van der Waals surface area (Å²) < 4.78 is 0. The Morgan fingerprint density at radius 3 is 2.32 bits per heavy atom. The second-order valence-corrected chi connectivity index (χ2v) is 6.60. The lowest BCUT2D eigenvalue weighted by Crippen LogP contribution is -2.37. The van der Waals surface area contributed by atoms with Gasteiger partial charge in [-0.05, 0) is 71.2 Å². The Kier molecular flexibility index (Phi) is 3.73. The molecule has 0 saturated heterocycles. The summed E-state index contributed by atoms with van der Waals surface area (Å²) >= 11 is 0. The number of nitrogens with one attached hydrogen (secondary N) is 2. The smallest absolute Gasteiger partial charge is 0.0491 e. The molecule has 1 aromatic carbocycles. The Balaban J connectivity index is 2.33. The van der Waals surface area contributed by atoms with Crippen LogP contribution in [0.3, 0.4) is 0 Å². The lowest BCUT2D eigenvalue weighted by Gasteiger charge is -2.20. The van der Waals surface area contributed by atoms with Gasteiger partial charge in [-0.15, -0.1) is 0 Å². The van der Waals surface area contributed by atoms with Crippen molar-refractivity contribution in [2.24, 2.45) is 0 Å². The topological polar surface area (TPSA) is 27.8 Å². The molecule has 0 amide bonds. The Morgan fingerprint density at radius 2 is 1.68 bits per heavy atom. The van der Waals surface area contributed by atoms with E-state index in [1.54, 1.807) is 0 Å². The van der Waals surface area contributed by atoms with Gasteiger partial charge in [-0.1, -0.05) is 12.1 Å². The number of aryl methyl sites for hydroxylation is 3. The highest BCUT2D eigenvalue weighted by Crippen LogP contribution is 2.28. The van der Waals surface area contributed by atoms with Crippen LogP contribution in [-0.2, 0) is 6.42 Å².